The van der Waals surface area contributed by atoms with E-state index in [2.05, 4.69) is 0 Å². The normalized spacial score (nSPS) is 14.9. The zero-order chi connectivity index (χ0) is 19.2. The fourth-order valence-corrected chi connectivity index (χ4v) is 3.44. The lowest BCUT2D eigenvalue weighted by atomic mass is 10.1. The second-order valence-electron chi connectivity index (χ2n) is 6.77. The lowest BCUT2D eigenvalue weighted by Gasteiger charge is -2.32. The first-order valence-corrected chi connectivity index (χ1v) is 9.16. The fourth-order valence-electron chi connectivity index (χ4n) is 3.44. The molecular formula is C21H26FN2O3+. The lowest BCUT2D eigenvalue weighted by Crippen LogP contribution is -3.13. The van der Waals surface area contributed by atoms with Crippen LogP contribution in [-0.4, -0.2) is 51.2 Å². The number of carbonyl (C=O) groups is 1. The first-order valence-electron chi connectivity index (χ1n) is 9.16. The van der Waals surface area contributed by atoms with Crippen LogP contribution in [0.2, 0.25) is 0 Å². The van der Waals surface area contributed by atoms with Crippen LogP contribution < -0.4 is 14.4 Å². The molecule has 1 saturated heterocycles. The van der Waals surface area contributed by atoms with E-state index in [-0.39, 0.29) is 18.1 Å². The van der Waals surface area contributed by atoms with Crippen molar-refractivity contribution in [1.29, 1.82) is 0 Å². The Kier molecular flexibility index (Phi) is 6.29. The summed E-state index contributed by atoms with van der Waals surface area (Å²) in [6.45, 7) is 4.00. The second-order valence-corrected chi connectivity index (χ2v) is 6.77. The molecule has 0 spiro atoms. The lowest BCUT2D eigenvalue weighted by molar-refractivity contribution is -0.917. The van der Waals surface area contributed by atoms with Crippen molar-refractivity contribution in [1.82, 2.24) is 4.90 Å². The zero-order valence-electron chi connectivity index (χ0n) is 15.8. The van der Waals surface area contributed by atoms with Gasteiger partial charge in [0, 0.05) is 5.56 Å². The number of amides is 1. The third-order valence-corrected chi connectivity index (χ3v) is 5.02. The number of methoxy groups -OCH3 is 2. The van der Waals surface area contributed by atoms with E-state index in [9.17, 15) is 9.18 Å². The van der Waals surface area contributed by atoms with E-state index in [0.717, 1.165) is 31.1 Å². The van der Waals surface area contributed by atoms with Crippen LogP contribution in [0.25, 0.3) is 0 Å². The SMILES string of the molecule is COc1ccc(C[NH+]2CCN(C(=O)Cc3ccccc3F)CC2)cc1OC. The number of nitrogens with zero attached hydrogens (tertiary/aromatic N) is 1. The van der Waals surface area contributed by atoms with Gasteiger partial charge in [-0.3, -0.25) is 4.79 Å². The Morgan fingerprint density at radius 3 is 2.44 bits per heavy atom. The molecule has 1 aliphatic rings. The van der Waals surface area contributed by atoms with E-state index in [1.165, 1.54) is 16.5 Å². The van der Waals surface area contributed by atoms with Crippen molar-refractivity contribution in [2.75, 3.05) is 40.4 Å². The van der Waals surface area contributed by atoms with E-state index in [0.29, 0.717) is 18.7 Å². The monoisotopic (exact) mass is 373 g/mol. The van der Waals surface area contributed by atoms with E-state index in [1.54, 1.807) is 32.4 Å². The molecule has 2 aromatic carbocycles. The first-order chi connectivity index (χ1) is 13.1. The number of quaternary nitrogens is 1. The van der Waals surface area contributed by atoms with Gasteiger partial charge in [0.15, 0.2) is 11.5 Å². The van der Waals surface area contributed by atoms with Crippen molar-refractivity contribution >= 4 is 5.91 Å². The van der Waals surface area contributed by atoms with Crippen molar-refractivity contribution in [2.24, 2.45) is 0 Å². The summed E-state index contributed by atoms with van der Waals surface area (Å²) in [4.78, 5) is 15.7. The molecule has 1 amide bonds. The molecule has 0 bridgehead atoms. The molecule has 3 rings (SSSR count). The molecule has 6 heteroatoms. The molecule has 27 heavy (non-hydrogen) atoms. The Labute approximate surface area is 159 Å². The Bertz CT molecular complexity index is 789. The maximum absolute atomic E-state index is 13.7. The molecule has 0 atom stereocenters. The highest BCUT2D eigenvalue weighted by molar-refractivity contribution is 5.78. The average molecular weight is 373 g/mol. The van der Waals surface area contributed by atoms with Gasteiger partial charge in [0.25, 0.3) is 0 Å². The van der Waals surface area contributed by atoms with Crippen LogP contribution >= 0.6 is 0 Å². The molecule has 1 heterocycles. The highest BCUT2D eigenvalue weighted by atomic mass is 19.1. The highest BCUT2D eigenvalue weighted by Crippen LogP contribution is 2.27. The van der Waals surface area contributed by atoms with Gasteiger partial charge in [0.05, 0.1) is 46.8 Å². The third-order valence-electron chi connectivity index (χ3n) is 5.02. The smallest absolute Gasteiger partial charge is 0.227 e. The van der Waals surface area contributed by atoms with Crippen molar-refractivity contribution in [3.63, 3.8) is 0 Å². The van der Waals surface area contributed by atoms with Crippen LogP contribution in [0, 0.1) is 5.82 Å². The summed E-state index contributed by atoms with van der Waals surface area (Å²) < 4.78 is 24.4. The van der Waals surface area contributed by atoms with Gasteiger partial charge in [-0.15, -0.1) is 0 Å². The number of hydrogen-bond donors (Lipinski definition) is 1. The van der Waals surface area contributed by atoms with Crippen LogP contribution in [-0.2, 0) is 17.8 Å². The molecule has 0 saturated carbocycles. The Balaban J connectivity index is 1.53. The van der Waals surface area contributed by atoms with Gasteiger partial charge >= 0.3 is 0 Å². The largest absolute Gasteiger partial charge is 0.493 e. The minimum atomic E-state index is -0.316. The molecule has 0 radical (unpaired) electrons. The van der Waals surface area contributed by atoms with E-state index < -0.39 is 0 Å². The molecule has 0 aromatic heterocycles. The van der Waals surface area contributed by atoms with Gasteiger partial charge in [-0.05, 0) is 29.8 Å². The molecule has 1 aliphatic heterocycles. The zero-order valence-corrected chi connectivity index (χ0v) is 15.8. The summed E-state index contributed by atoms with van der Waals surface area (Å²) in [6.07, 6.45) is 0.123. The van der Waals surface area contributed by atoms with E-state index in [4.69, 9.17) is 9.47 Å². The molecular weight excluding hydrogens is 347 g/mol. The molecule has 0 unspecified atom stereocenters. The summed E-state index contributed by atoms with van der Waals surface area (Å²) in [6, 6.07) is 12.4. The van der Waals surface area contributed by atoms with Gasteiger partial charge < -0.3 is 19.3 Å². The maximum atomic E-state index is 13.7. The average Bonchev–Trinajstić information content (AvgIpc) is 2.70. The maximum Gasteiger partial charge on any atom is 0.227 e. The van der Waals surface area contributed by atoms with Crippen molar-refractivity contribution in [3.8, 4) is 11.5 Å². The molecule has 144 valence electrons. The van der Waals surface area contributed by atoms with Crippen molar-refractivity contribution in [2.45, 2.75) is 13.0 Å². The third kappa shape index (κ3) is 4.77. The summed E-state index contributed by atoms with van der Waals surface area (Å²) in [5.74, 6) is 1.13. The van der Waals surface area contributed by atoms with Gasteiger partial charge in [-0.1, -0.05) is 18.2 Å². The summed E-state index contributed by atoms with van der Waals surface area (Å²) >= 11 is 0. The van der Waals surface area contributed by atoms with E-state index in [1.807, 2.05) is 23.1 Å². The molecule has 0 aliphatic carbocycles. The number of hydrogen-bond acceptors (Lipinski definition) is 3. The van der Waals surface area contributed by atoms with Crippen LogP contribution in [0.3, 0.4) is 0 Å². The number of piperazine rings is 1. The van der Waals surface area contributed by atoms with Gasteiger partial charge in [-0.2, -0.15) is 0 Å². The van der Waals surface area contributed by atoms with Crippen LogP contribution in [0.1, 0.15) is 11.1 Å². The Morgan fingerprint density at radius 1 is 1.07 bits per heavy atom. The van der Waals surface area contributed by atoms with Gasteiger partial charge in [-0.25, -0.2) is 4.39 Å². The number of benzene rings is 2. The Morgan fingerprint density at radius 2 is 1.78 bits per heavy atom. The number of rotatable bonds is 6. The summed E-state index contributed by atoms with van der Waals surface area (Å²) in [5, 5.41) is 0. The van der Waals surface area contributed by atoms with Crippen molar-refractivity contribution in [3.05, 3.63) is 59.4 Å². The fraction of sp³-hybridized carbons (Fsp3) is 0.381. The summed E-state index contributed by atoms with van der Waals surface area (Å²) in [5.41, 5.74) is 1.64. The predicted molar refractivity (Wildman–Crippen MR) is 101 cm³/mol. The highest BCUT2D eigenvalue weighted by Gasteiger charge is 2.24. The van der Waals surface area contributed by atoms with Gasteiger partial charge in [0.2, 0.25) is 5.91 Å². The topological polar surface area (TPSA) is 43.2 Å². The quantitative estimate of drug-likeness (QED) is 0.831. The summed E-state index contributed by atoms with van der Waals surface area (Å²) in [7, 11) is 3.26. The Hall–Kier alpha value is -2.60. The minimum absolute atomic E-state index is 0.00901. The first kappa shape index (κ1) is 19.2. The minimum Gasteiger partial charge on any atom is -0.493 e. The number of ether oxygens (including phenoxy) is 2. The van der Waals surface area contributed by atoms with E-state index >= 15 is 0 Å². The van der Waals surface area contributed by atoms with Crippen LogP contribution in [0.5, 0.6) is 11.5 Å². The number of halogens is 1. The second kappa shape index (κ2) is 8.86. The number of nitrogens with one attached hydrogen (secondary N) is 1. The van der Waals surface area contributed by atoms with Gasteiger partial charge in [0.1, 0.15) is 12.4 Å². The standard InChI is InChI=1S/C21H25FN2O3/c1-26-19-8-7-16(13-20(19)27-2)15-23-9-11-24(12-10-23)21(25)14-17-5-3-4-6-18(17)22/h3-8,13H,9-12,14-15H2,1-2H3/p+1. The molecule has 1 fully saturated rings. The number of carbonyl (C=O) groups excluding carboxylic acids is 1. The van der Waals surface area contributed by atoms with Crippen LogP contribution in [0.4, 0.5) is 4.39 Å². The predicted octanol–water partition coefficient (Wildman–Crippen LogP) is 1.31. The molecule has 2 aromatic rings. The molecule has 1 N–H and O–H groups in total. The van der Waals surface area contributed by atoms with Crippen molar-refractivity contribution < 1.29 is 23.6 Å². The van der Waals surface area contributed by atoms with Crippen LogP contribution in [0.15, 0.2) is 42.5 Å². The molecule has 5 nitrogen and oxygen atoms in total.